The normalized spacial score (nSPS) is 12.4. The Morgan fingerprint density at radius 2 is 1.85 bits per heavy atom. The second-order valence-corrected chi connectivity index (χ2v) is 4.19. The number of likely N-dealkylation sites (N-methyl/N-ethyl adjacent to an activating group) is 1. The largest absolute Gasteiger partial charge is 0.389 e. The van der Waals surface area contributed by atoms with E-state index in [2.05, 4.69) is 0 Å². The third-order valence-electron chi connectivity index (χ3n) is 2.83. The first-order valence-corrected chi connectivity index (χ1v) is 6.03. The number of rotatable bonds is 6. The summed E-state index contributed by atoms with van der Waals surface area (Å²) < 4.78 is 36.8. The van der Waals surface area contributed by atoms with Gasteiger partial charge in [0.1, 0.15) is 6.04 Å². The van der Waals surface area contributed by atoms with Gasteiger partial charge in [0, 0.05) is 18.7 Å². The van der Waals surface area contributed by atoms with Gasteiger partial charge >= 0.3 is 6.18 Å². The van der Waals surface area contributed by atoms with E-state index < -0.39 is 24.5 Å². The molecule has 0 radical (unpaired) electrons. The summed E-state index contributed by atoms with van der Waals surface area (Å²) in [6.45, 7) is 2.19. The van der Waals surface area contributed by atoms with Crippen LogP contribution in [0.4, 0.5) is 18.9 Å². The molecule has 0 aliphatic heterocycles. The molecule has 1 aromatic rings. The summed E-state index contributed by atoms with van der Waals surface area (Å²) in [5, 5.41) is 0. The lowest BCUT2D eigenvalue weighted by Gasteiger charge is -2.30. The highest BCUT2D eigenvalue weighted by Gasteiger charge is 2.32. The van der Waals surface area contributed by atoms with E-state index in [4.69, 9.17) is 5.73 Å². The predicted molar refractivity (Wildman–Crippen MR) is 75.0 cm³/mol. The van der Waals surface area contributed by atoms with Crippen molar-refractivity contribution < 1.29 is 18.0 Å². The Bertz CT molecular complexity index is 412. The van der Waals surface area contributed by atoms with E-state index in [1.54, 1.807) is 42.2 Å². The Morgan fingerprint density at radius 1 is 1.30 bits per heavy atom. The SMILES string of the molecule is CCN(c1ccccc1)[C@H](CCC(F)(F)F)C(N)=O.Cl. The topological polar surface area (TPSA) is 46.3 Å². The van der Waals surface area contributed by atoms with Gasteiger partial charge < -0.3 is 10.6 Å². The van der Waals surface area contributed by atoms with Crippen molar-refractivity contribution in [1.29, 1.82) is 0 Å². The van der Waals surface area contributed by atoms with Crippen LogP contribution in [0, 0.1) is 0 Å². The fraction of sp³-hybridized carbons (Fsp3) is 0.462. The van der Waals surface area contributed by atoms with Gasteiger partial charge in [-0.05, 0) is 25.5 Å². The van der Waals surface area contributed by atoms with E-state index in [9.17, 15) is 18.0 Å². The fourth-order valence-corrected chi connectivity index (χ4v) is 1.95. The number of nitrogens with zero attached hydrogens (tertiary/aromatic N) is 1. The van der Waals surface area contributed by atoms with Crippen LogP contribution in [0.15, 0.2) is 30.3 Å². The standard InChI is InChI=1S/C13H17F3N2O.ClH/c1-2-18(10-6-4-3-5-7-10)11(12(17)19)8-9-13(14,15)16;/h3-7,11H,2,8-9H2,1H3,(H2,17,19);1H/t11-;/m1./s1. The number of halogens is 4. The van der Waals surface area contributed by atoms with Crippen molar-refractivity contribution in [2.75, 3.05) is 11.4 Å². The molecule has 0 aromatic heterocycles. The van der Waals surface area contributed by atoms with Crippen LogP contribution in [0.3, 0.4) is 0 Å². The molecule has 1 rings (SSSR count). The van der Waals surface area contributed by atoms with Gasteiger partial charge in [0.25, 0.3) is 0 Å². The zero-order valence-corrected chi connectivity index (χ0v) is 11.9. The number of carbonyl (C=O) groups excluding carboxylic acids is 1. The molecular formula is C13H18ClF3N2O. The highest BCUT2D eigenvalue weighted by molar-refractivity contribution is 5.85. The fourth-order valence-electron chi connectivity index (χ4n) is 1.95. The minimum atomic E-state index is -4.29. The van der Waals surface area contributed by atoms with Gasteiger partial charge in [-0.1, -0.05) is 18.2 Å². The van der Waals surface area contributed by atoms with E-state index >= 15 is 0 Å². The van der Waals surface area contributed by atoms with Crippen LogP contribution >= 0.6 is 12.4 Å². The maximum atomic E-state index is 12.3. The Morgan fingerprint density at radius 3 is 2.25 bits per heavy atom. The Balaban J connectivity index is 0.00000361. The van der Waals surface area contributed by atoms with Crippen molar-refractivity contribution in [3.8, 4) is 0 Å². The smallest absolute Gasteiger partial charge is 0.368 e. The molecule has 20 heavy (non-hydrogen) atoms. The highest BCUT2D eigenvalue weighted by atomic mass is 35.5. The molecule has 0 aliphatic carbocycles. The number of para-hydroxylation sites is 1. The molecule has 1 aromatic carbocycles. The maximum Gasteiger partial charge on any atom is 0.389 e. The van der Waals surface area contributed by atoms with Crippen LogP contribution in [0.1, 0.15) is 19.8 Å². The van der Waals surface area contributed by atoms with Crippen LogP contribution < -0.4 is 10.6 Å². The van der Waals surface area contributed by atoms with Gasteiger partial charge in [0.2, 0.25) is 5.91 Å². The van der Waals surface area contributed by atoms with Crippen LogP contribution in [0.25, 0.3) is 0 Å². The molecule has 3 nitrogen and oxygen atoms in total. The molecule has 0 saturated heterocycles. The van der Waals surface area contributed by atoms with E-state index in [0.717, 1.165) is 0 Å². The van der Waals surface area contributed by atoms with Crippen molar-refractivity contribution in [3.63, 3.8) is 0 Å². The first kappa shape index (κ1) is 18.6. The minimum absolute atomic E-state index is 0. The number of anilines is 1. The average molecular weight is 311 g/mol. The second-order valence-electron chi connectivity index (χ2n) is 4.19. The van der Waals surface area contributed by atoms with Crippen LogP contribution in [0.5, 0.6) is 0 Å². The van der Waals surface area contributed by atoms with E-state index in [1.165, 1.54) is 0 Å². The monoisotopic (exact) mass is 310 g/mol. The lowest BCUT2D eigenvalue weighted by atomic mass is 10.1. The molecule has 1 amide bonds. The first-order valence-electron chi connectivity index (χ1n) is 6.03. The summed E-state index contributed by atoms with van der Waals surface area (Å²) in [6, 6.07) is 7.86. The summed E-state index contributed by atoms with van der Waals surface area (Å²) in [7, 11) is 0. The van der Waals surface area contributed by atoms with Gasteiger partial charge in [-0.25, -0.2) is 0 Å². The molecule has 114 valence electrons. The van der Waals surface area contributed by atoms with E-state index in [-0.39, 0.29) is 18.8 Å². The molecule has 0 unspecified atom stereocenters. The molecule has 0 aliphatic rings. The number of amides is 1. The average Bonchev–Trinajstić information content (AvgIpc) is 2.33. The summed E-state index contributed by atoms with van der Waals surface area (Å²) in [6.07, 6.45) is -5.64. The highest BCUT2D eigenvalue weighted by Crippen LogP contribution is 2.25. The van der Waals surface area contributed by atoms with Crippen molar-refractivity contribution in [1.82, 2.24) is 0 Å². The molecule has 2 N–H and O–H groups in total. The van der Waals surface area contributed by atoms with Gasteiger partial charge in [0.15, 0.2) is 0 Å². The van der Waals surface area contributed by atoms with Gasteiger partial charge in [-0.15, -0.1) is 12.4 Å². The van der Waals surface area contributed by atoms with E-state index in [0.29, 0.717) is 12.2 Å². The maximum absolute atomic E-state index is 12.3. The molecule has 7 heteroatoms. The van der Waals surface area contributed by atoms with Gasteiger partial charge in [0.05, 0.1) is 0 Å². The van der Waals surface area contributed by atoms with Gasteiger partial charge in [-0.3, -0.25) is 4.79 Å². The molecule has 1 atom stereocenters. The predicted octanol–water partition coefficient (Wildman–Crippen LogP) is 3.13. The van der Waals surface area contributed by atoms with Crippen LogP contribution in [-0.2, 0) is 4.79 Å². The van der Waals surface area contributed by atoms with Crippen molar-refractivity contribution >= 4 is 24.0 Å². The molecule has 0 spiro atoms. The number of alkyl halides is 3. The Hall–Kier alpha value is -1.43. The summed E-state index contributed by atoms with van der Waals surface area (Å²) in [5.41, 5.74) is 5.92. The number of primary amides is 1. The van der Waals surface area contributed by atoms with E-state index in [1.807, 2.05) is 0 Å². The zero-order valence-electron chi connectivity index (χ0n) is 11.1. The Kier molecular flexibility index (Phi) is 7.42. The lowest BCUT2D eigenvalue weighted by molar-refractivity contribution is -0.138. The number of benzene rings is 1. The van der Waals surface area contributed by atoms with Crippen LogP contribution in [-0.4, -0.2) is 24.7 Å². The quantitative estimate of drug-likeness (QED) is 0.877. The minimum Gasteiger partial charge on any atom is -0.368 e. The molecule has 0 fully saturated rings. The second kappa shape index (κ2) is 7.99. The number of hydrogen-bond donors (Lipinski definition) is 1. The zero-order chi connectivity index (χ0) is 14.5. The number of nitrogens with two attached hydrogens (primary N) is 1. The lowest BCUT2D eigenvalue weighted by Crippen LogP contribution is -2.45. The number of carbonyl (C=O) groups is 1. The first-order chi connectivity index (χ1) is 8.85. The summed E-state index contributed by atoms with van der Waals surface area (Å²) >= 11 is 0. The third kappa shape index (κ3) is 5.69. The molecular weight excluding hydrogens is 293 g/mol. The van der Waals surface area contributed by atoms with Crippen LogP contribution in [0.2, 0.25) is 0 Å². The third-order valence-corrected chi connectivity index (χ3v) is 2.83. The Labute approximate surface area is 122 Å². The summed E-state index contributed by atoms with van der Waals surface area (Å²) in [5.74, 6) is -0.741. The molecule has 0 saturated carbocycles. The molecule has 0 heterocycles. The van der Waals surface area contributed by atoms with Gasteiger partial charge in [-0.2, -0.15) is 13.2 Å². The van der Waals surface area contributed by atoms with Crippen molar-refractivity contribution in [3.05, 3.63) is 30.3 Å². The van der Waals surface area contributed by atoms with Crippen molar-refractivity contribution in [2.24, 2.45) is 5.73 Å². The number of hydrogen-bond acceptors (Lipinski definition) is 2. The van der Waals surface area contributed by atoms with Crippen molar-refractivity contribution in [2.45, 2.75) is 32.0 Å². The summed E-state index contributed by atoms with van der Waals surface area (Å²) in [4.78, 5) is 13.0. The molecule has 0 bridgehead atoms.